The predicted molar refractivity (Wildman–Crippen MR) is 82.8 cm³/mol. The molecule has 1 heterocycles. The summed E-state index contributed by atoms with van der Waals surface area (Å²) in [7, 11) is 0. The lowest BCUT2D eigenvalue weighted by atomic mass is 10.2. The average molecular weight is 343 g/mol. The monoisotopic (exact) mass is 342 g/mol. The van der Waals surface area contributed by atoms with Gasteiger partial charge in [-0.2, -0.15) is 16.9 Å². The second kappa shape index (κ2) is 7.67. The Morgan fingerprint density at radius 1 is 1.47 bits per heavy atom. The van der Waals surface area contributed by atoms with E-state index in [4.69, 9.17) is 0 Å². The first-order valence-electron chi connectivity index (χ1n) is 6.23. The standard InChI is InChI=1S/C13H16BrN3OS/c14-12-3-1-2-11(8-12)9-15-16-13(18)10-17-4-6-19-7-5-17/h1-3,8-9H,4-7,10H2,(H,16,18)/p+1/b15-9-. The normalized spacial score (nSPS) is 16.7. The van der Waals surface area contributed by atoms with Crippen molar-refractivity contribution in [1.29, 1.82) is 0 Å². The summed E-state index contributed by atoms with van der Waals surface area (Å²) in [5.74, 6) is 2.27. The Morgan fingerprint density at radius 3 is 3.00 bits per heavy atom. The molecule has 1 saturated heterocycles. The van der Waals surface area contributed by atoms with Crippen molar-refractivity contribution >= 4 is 39.8 Å². The predicted octanol–water partition coefficient (Wildman–Crippen LogP) is 0.531. The number of carbonyl (C=O) groups excluding carboxylic acids is 1. The highest BCUT2D eigenvalue weighted by Crippen LogP contribution is 2.09. The number of halogens is 1. The summed E-state index contributed by atoms with van der Waals surface area (Å²) in [6.07, 6.45) is 1.66. The first-order chi connectivity index (χ1) is 9.24. The van der Waals surface area contributed by atoms with Crippen molar-refractivity contribution in [1.82, 2.24) is 5.43 Å². The summed E-state index contributed by atoms with van der Waals surface area (Å²) in [6, 6.07) is 7.77. The van der Waals surface area contributed by atoms with Gasteiger partial charge in [-0.25, -0.2) is 5.43 Å². The molecule has 6 heteroatoms. The first-order valence-corrected chi connectivity index (χ1v) is 8.17. The molecule has 1 fully saturated rings. The van der Waals surface area contributed by atoms with Crippen LogP contribution in [0.3, 0.4) is 0 Å². The quantitative estimate of drug-likeness (QED) is 0.619. The van der Waals surface area contributed by atoms with Gasteiger partial charge in [0.2, 0.25) is 0 Å². The zero-order valence-corrected chi connectivity index (χ0v) is 13.0. The van der Waals surface area contributed by atoms with Gasteiger partial charge in [0.05, 0.1) is 19.3 Å². The Kier molecular flexibility index (Phi) is 5.88. The van der Waals surface area contributed by atoms with Gasteiger partial charge < -0.3 is 4.90 Å². The van der Waals surface area contributed by atoms with Crippen LogP contribution in [0.1, 0.15) is 5.56 Å². The van der Waals surface area contributed by atoms with Gasteiger partial charge in [-0.15, -0.1) is 0 Å². The van der Waals surface area contributed by atoms with E-state index in [1.54, 1.807) is 6.21 Å². The van der Waals surface area contributed by atoms with Crippen molar-refractivity contribution in [3.05, 3.63) is 34.3 Å². The Balaban J connectivity index is 1.76. The highest BCUT2D eigenvalue weighted by Gasteiger charge is 2.16. The van der Waals surface area contributed by atoms with Gasteiger partial charge in [0.15, 0.2) is 6.54 Å². The van der Waals surface area contributed by atoms with Crippen molar-refractivity contribution in [2.75, 3.05) is 31.1 Å². The minimum Gasteiger partial charge on any atom is -0.326 e. The number of hydrazone groups is 1. The van der Waals surface area contributed by atoms with Crippen LogP contribution in [0.5, 0.6) is 0 Å². The summed E-state index contributed by atoms with van der Waals surface area (Å²) in [5, 5.41) is 3.98. The van der Waals surface area contributed by atoms with Gasteiger partial charge in [-0.3, -0.25) is 4.79 Å². The van der Waals surface area contributed by atoms with Crippen LogP contribution < -0.4 is 10.3 Å². The molecule has 102 valence electrons. The van der Waals surface area contributed by atoms with E-state index in [-0.39, 0.29) is 5.91 Å². The molecule has 4 nitrogen and oxygen atoms in total. The average Bonchev–Trinajstić information content (AvgIpc) is 2.40. The molecule has 0 unspecified atom stereocenters. The van der Waals surface area contributed by atoms with Crippen LogP contribution in [-0.2, 0) is 4.79 Å². The van der Waals surface area contributed by atoms with E-state index < -0.39 is 0 Å². The molecule has 1 amide bonds. The van der Waals surface area contributed by atoms with E-state index in [1.807, 2.05) is 36.0 Å². The number of amides is 1. The van der Waals surface area contributed by atoms with E-state index >= 15 is 0 Å². The number of hydrogen-bond donors (Lipinski definition) is 2. The summed E-state index contributed by atoms with van der Waals surface area (Å²) in [5.41, 5.74) is 3.54. The highest BCUT2D eigenvalue weighted by molar-refractivity contribution is 9.10. The van der Waals surface area contributed by atoms with E-state index in [1.165, 1.54) is 4.90 Å². The molecule has 0 saturated carbocycles. The molecule has 0 radical (unpaired) electrons. The van der Waals surface area contributed by atoms with Crippen LogP contribution in [0.15, 0.2) is 33.8 Å². The van der Waals surface area contributed by atoms with Crippen molar-refractivity contribution in [2.45, 2.75) is 0 Å². The largest absolute Gasteiger partial charge is 0.326 e. The summed E-state index contributed by atoms with van der Waals surface area (Å²) < 4.78 is 0.998. The number of hydrogen-bond acceptors (Lipinski definition) is 3. The van der Waals surface area contributed by atoms with E-state index in [0.29, 0.717) is 6.54 Å². The van der Waals surface area contributed by atoms with E-state index in [9.17, 15) is 4.79 Å². The molecule has 2 rings (SSSR count). The Bertz CT molecular complexity index is 461. The molecule has 0 aromatic heterocycles. The molecule has 0 spiro atoms. The lowest BCUT2D eigenvalue weighted by molar-refractivity contribution is -0.888. The van der Waals surface area contributed by atoms with Crippen LogP contribution in [0, 0.1) is 0 Å². The number of benzene rings is 1. The third-order valence-corrected chi connectivity index (χ3v) is 4.34. The molecule has 2 N–H and O–H groups in total. The van der Waals surface area contributed by atoms with Crippen LogP contribution >= 0.6 is 27.7 Å². The number of rotatable bonds is 4. The smallest absolute Gasteiger partial charge is 0.295 e. The molecule has 0 bridgehead atoms. The third kappa shape index (κ3) is 5.34. The molecular formula is C13H17BrN3OS+. The second-order valence-corrected chi connectivity index (χ2v) is 6.53. The lowest BCUT2D eigenvalue weighted by Gasteiger charge is -2.21. The third-order valence-electron chi connectivity index (χ3n) is 2.86. The van der Waals surface area contributed by atoms with Crippen LogP contribution in [0.2, 0.25) is 0 Å². The van der Waals surface area contributed by atoms with Gasteiger partial charge in [-0.1, -0.05) is 28.1 Å². The van der Waals surface area contributed by atoms with Gasteiger partial charge in [-0.05, 0) is 17.7 Å². The SMILES string of the molecule is O=C(C[NH+]1CCSCC1)N/N=C\c1cccc(Br)c1. The van der Waals surface area contributed by atoms with Gasteiger partial charge in [0.1, 0.15) is 0 Å². The number of nitrogens with zero attached hydrogens (tertiary/aromatic N) is 1. The van der Waals surface area contributed by atoms with Crippen LogP contribution in [0.4, 0.5) is 0 Å². The number of quaternary nitrogens is 1. The number of nitrogens with one attached hydrogen (secondary N) is 2. The molecule has 0 atom stereocenters. The maximum atomic E-state index is 11.7. The summed E-state index contributed by atoms with van der Waals surface area (Å²) >= 11 is 5.35. The lowest BCUT2D eigenvalue weighted by Crippen LogP contribution is -3.14. The van der Waals surface area contributed by atoms with Crippen LogP contribution in [-0.4, -0.2) is 43.3 Å². The number of thioether (sulfide) groups is 1. The fourth-order valence-corrected chi connectivity index (χ4v) is 3.36. The Morgan fingerprint density at radius 2 is 2.26 bits per heavy atom. The minimum absolute atomic E-state index is 0.0202. The van der Waals surface area contributed by atoms with E-state index in [0.717, 1.165) is 34.6 Å². The van der Waals surface area contributed by atoms with Gasteiger partial charge >= 0.3 is 0 Å². The molecule has 19 heavy (non-hydrogen) atoms. The number of carbonyl (C=O) groups is 1. The maximum Gasteiger partial charge on any atom is 0.295 e. The zero-order valence-electron chi connectivity index (χ0n) is 10.6. The maximum absolute atomic E-state index is 11.7. The van der Waals surface area contributed by atoms with Crippen molar-refractivity contribution in [2.24, 2.45) is 5.10 Å². The minimum atomic E-state index is -0.0202. The van der Waals surface area contributed by atoms with Gasteiger partial charge in [0, 0.05) is 16.0 Å². The first kappa shape index (κ1) is 14.6. The molecular weight excluding hydrogens is 326 g/mol. The Hall–Kier alpha value is -0.850. The van der Waals surface area contributed by atoms with Crippen molar-refractivity contribution in [3.8, 4) is 0 Å². The van der Waals surface area contributed by atoms with E-state index in [2.05, 4.69) is 26.5 Å². The molecule has 1 aliphatic heterocycles. The molecule has 1 aromatic rings. The molecule has 1 aliphatic rings. The summed E-state index contributed by atoms with van der Waals surface area (Å²) in [4.78, 5) is 13.0. The fraction of sp³-hybridized carbons (Fsp3) is 0.385. The molecule has 0 aliphatic carbocycles. The zero-order chi connectivity index (χ0) is 13.5. The fourth-order valence-electron chi connectivity index (χ4n) is 1.87. The van der Waals surface area contributed by atoms with Gasteiger partial charge in [0.25, 0.3) is 5.91 Å². The topological polar surface area (TPSA) is 45.9 Å². The Labute approximate surface area is 125 Å². The second-order valence-electron chi connectivity index (χ2n) is 4.39. The highest BCUT2D eigenvalue weighted by atomic mass is 79.9. The van der Waals surface area contributed by atoms with Crippen LogP contribution in [0.25, 0.3) is 0 Å². The van der Waals surface area contributed by atoms with Crippen molar-refractivity contribution < 1.29 is 9.69 Å². The summed E-state index contributed by atoms with van der Waals surface area (Å²) in [6.45, 7) is 2.64. The molecule has 1 aromatic carbocycles. The van der Waals surface area contributed by atoms with Crippen molar-refractivity contribution in [3.63, 3.8) is 0 Å².